The summed E-state index contributed by atoms with van der Waals surface area (Å²) in [6.45, 7) is 2.49. The fourth-order valence-corrected chi connectivity index (χ4v) is 4.78. The van der Waals surface area contributed by atoms with Gasteiger partial charge in [0.25, 0.3) is 0 Å². The van der Waals surface area contributed by atoms with Crippen molar-refractivity contribution in [1.82, 2.24) is 19.5 Å². The molecule has 35 heavy (non-hydrogen) atoms. The predicted octanol–water partition coefficient (Wildman–Crippen LogP) is 2.63. The zero-order valence-corrected chi connectivity index (χ0v) is 19.5. The number of hydrogen-bond acceptors (Lipinski definition) is 10. The van der Waals surface area contributed by atoms with E-state index in [9.17, 15) is 14.4 Å². The summed E-state index contributed by atoms with van der Waals surface area (Å²) < 4.78 is 25.0. The van der Waals surface area contributed by atoms with Crippen LogP contribution >= 0.6 is 11.6 Å². The Kier molecular flexibility index (Phi) is 5.89. The van der Waals surface area contributed by atoms with E-state index in [1.54, 1.807) is 30.3 Å². The molecular weight excluding hydrogens is 480 g/mol. The first-order valence-electron chi connectivity index (χ1n) is 10.9. The number of benzene rings is 1. The van der Waals surface area contributed by atoms with E-state index in [1.165, 1.54) is 31.1 Å². The number of nitrogens with zero attached hydrogens (tertiary/aromatic N) is 4. The van der Waals surface area contributed by atoms with E-state index in [4.69, 9.17) is 30.5 Å². The Morgan fingerprint density at radius 1 is 1.06 bits per heavy atom. The van der Waals surface area contributed by atoms with Gasteiger partial charge in [-0.15, -0.1) is 0 Å². The lowest BCUT2D eigenvalue weighted by molar-refractivity contribution is -0.221. The van der Waals surface area contributed by atoms with Crippen molar-refractivity contribution in [3.05, 3.63) is 53.7 Å². The number of esters is 3. The molecule has 1 aliphatic heterocycles. The molecule has 11 nitrogen and oxygen atoms in total. The van der Waals surface area contributed by atoms with Crippen LogP contribution in [-0.2, 0) is 28.5 Å². The molecule has 1 aliphatic carbocycles. The Hall–Kier alpha value is -3.57. The maximum absolute atomic E-state index is 12.8. The zero-order chi connectivity index (χ0) is 24.7. The molecule has 2 aromatic heterocycles. The van der Waals surface area contributed by atoms with Gasteiger partial charge < -0.3 is 18.9 Å². The molecule has 5 atom stereocenters. The molecule has 1 spiro atoms. The van der Waals surface area contributed by atoms with Gasteiger partial charge in [-0.2, -0.15) is 0 Å². The number of fused-ring (bicyclic) bond motifs is 1. The molecule has 5 rings (SSSR count). The molecule has 12 heteroatoms. The number of imidazole rings is 1. The van der Waals surface area contributed by atoms with Gasteiger partial charge in [-0.1, -0.05) is 29.8 Å². The summed E-state index contributed by atoms with van der Waals surface area (Å²) >= 11 is 6.15. The van der Waals surface area contributed by atoms with Crippen LogP contribution in [0.4, 0.5) is 0 Å². The minimum Gasteiger partial charge on any atom is -0.456 e. The second-order valence-electron chi connectivity index (χ2n) is 8.35. The summed E-state index contributed by atoms with van der Waals surface area (Å²) in [5.74, 6) is -1.75. The zero-order valence-electron chi connectivity index (χ0n) is 18.8. The van der Waals surface area contributed by atoms with E-state index in [0.29, 0.717) is 29.6 Å². The van der Waals surface area contributed by atoms with Crippen LogP contribution in [-0.4, -0.2) is 61.3 Å². The second kappa shape index (κ2) is 8.90. The Morgan fingerprint density at radius 3 is 2.46 bits per heavy atom. The molecule has 1 saturated heterocycles. The van der Waals surface area contributed by atoms with Gasteiger partial charge in [0.15, 0.2) is 29.2 Å². The highest BCUT2D eigenvalue weighted by Crippen LogP contribution is 2.53. The smallest absolute Gasteiger partial charge is 0.338 e. The molecule has 0 bridgehead atoms. The number of ether oxygens (including phenoxy) is 4. The van der Waals surface area contributed by atoms with Crippen LogP contribution in [0.5, 0.6) is 0 Å². The number of hydrogen-bond donors (Lipinski definition) is 0. The van der Waals surface area contributed by atoms with E-state index >= 15 is 0 Å². The molecule has 1 saturated carbocycles. The van der Waals surface area contributed by atoms with Crippen LogP contribution in [0.2, 0.25) is 5.15 Å². The van der Waals surface area contributed by atoms with E-state index < -0.39 is 48.0 Å². The lowest BCUT2D eigenvalue weighted by atomic mass is 9.72. The number of rotatable bonds is 5. The maximum atomic E-state index is 12.8. The fourth-order valence-electron chi connectivity index (χ4n) is 4.61. The summed E-state index contributed by atoms with van der Waals surface area (Å²) in [4.78, 5) is 49.3. The Morgan fingerprint density at radius 2 is 1.80 bits per heavy atom. The standard InChI is InChI=1S/C23H21ClN4O7/c1-12(29)32-17-18(33-13(2)30)23(9-8-15(23)34-22(31)14-6-4-3-5-7-14)35-21(17)28-11-27-16-19(24)25-10-26-20(16)28/h3-7,10-11,15,17-18,21H,8-9H2,1-2H3/t15-,17-,18?,21?,23-/m0/s1. The number of aromatic nitrogens is 4. The van der Waals surface area contributed by atoms with Crippen molar-refractivity contribution in [2.24, 2.45) is 0 Å². The first-order chi connectivity index (χ1) is 16.8. The van der Waals surface area contributed by atoms with E-state index in [0.717, 1.165) is 0 Å². The van der Waals surface area contributed by atoms with Gasteiger partial charge in [-0.25, -0.2) is 19.7 Å². The average Bonchev–Trinajstić information content (AvgIpc) is 3.38. The first-order valence-corrected chi connectivity index (χ1v) is 11.3. The van der Waals surface area contributed by atoms with Crippen molar-refractivity contribution in [2.45, 2.75) is 56.8 Å². The minimum atomic E-state index is -1.24. The van der Waals surface area contributed by atoms with Gasteiger partial charge in [0.05, 0.1) is 11.9 Å². The van der Waals surface area contributed by atoms with Gasteiger partial charge >= 0.3 is 17.9 Å². The van der Waals surface area contributed by atoms with Crippen LogP contribution in [0.25, 0.3) is 11.2 Å². The molecular formula is C23H21ClN4O7. The largest absolute Gasteiger partial charge is 0.456 e. The van der Waals surface area contributed by atoms with E-state index in [2.05, 4.69) is 15.0 Å². The van der Waals surface area contributed by atoms with Crippen molar-refractivity contribution >= 4 is 40.7 Å². The Balaban J connectivity index is 1.54. The molecule has 2 fully saturated rings. The third-order valence-electron chi connectivity index (χ3n) is 6.19. The summed E-state index contributed by atoms with van der Waals surface area (Å²) in [7, 11) is 0. The number of carbonyl (C=O) groups is 3. The van der Waals surface area contributed by atoms with Crippen molar-refractivity contribution in [1.29, 1.82) is 0 Å². The van der Waals surface area contributed by atoms with Crippen LogP contribution < -0.4 is 0 Å². The number of carbonyl (C=O) groups excluding carboxylic acids is 3. The highest BCUT2D eigenvalue weighted by atomic mass is 35.5. The van der Waals surface area contributed by atoms with Crippen molar-refractivity contribution in [3.63, 3.8) is 0 Å². The molecule has 0 radical (unpaired) electrons. The number of halogens is 1. The van der Waals surface area contributed by atoms with Crippen LogP contribution in [0, 0.1) is 0 Å². The monoisotopic (exact) mass is 500 g/mol. The summed E-state index contributed by atoms with van der Waals surface area (Å²) in [5.41, 5.74) is -0.210. The normalized spacial score (nSPS) is 27.4. The average molecular weight is 501 g/mol. The fraction of sp³-hybridized carbons (Fsp3) is 0.391. The third-order valence-corrected chi connectivity index (χ3v) is 6.46. The SMILES string of the molecule is CC(=O)OC1[C@H](OC(C)=O)C(n2cnc3c(Cl)ncnc32)O[C@]12CC[C@@H]2OC(=O)c1ccccc1. The van der Waals surface area contributed by atoms with Gasteiger partial charge in [-0.05, 0) is 25.0 Å². The molecule has 0 N–H and O–H groups in total. The Bertz CT molecular complexity index is 1300. The maximum Gasteiger partial charge on any atom is 0.338 e. The van der Waals surface area contributed by atoms with Crippen LogP contribution in [0.3, 0.4) is 0 Å². The van der Waals surface area contributed by atoms with E-state index in [1.807, 2.05) is 0 Å². The predicted molar refractivity (Wildman–Crippen MR) is 119 cm³/mol. The van der Waals surface area contributed by atoms with E-state index in [-0.39, 0.29) is 5.15 Å². The van der Waals surface area contributed by atoms with Gasteiger partial charge in [-0.3, -0.25) is 14.2 Å². The summed E-state index contributed by atoms with van der Waals surface area (Å²) in [5, 5.41) is 0.139. The second-order valence-corrected chi connectivity index (χ2v) is 8.71. The highest BCUT2D eigenvalue weighted by Gasteiger charge is 2.68. The highest BCUT2D eigenvalue weighted by molar-refractivity contribution is 6.33. The topological polar surface area (TPSA) is 132 Å². The first kappa shape index (κ1) is 23.2. The van der Waals surface area contributed by atoms with Gasteiger partial charge in [0.1, 0.15) is 23.5 Å². The Labute approximate surface area is 204 Å². The lowest BCUT2D eigenvalue weighted by Gasteiger charge is -2.47. The molecule has 2 aliphatic rings. The van der Waals surface area contributed by atoms with Gasteiger partial charge in [0, 0.05) is 13.8 Å². The van der Waals surface area contributed by atoms with Crippen molar-refractivity contribution in [2.75, 3.05) is 0 Å². The van der Waals surface area contributed by atoms with Crippen molar-refractivity contribution in [3.8, 4) is 0 Å². The molecule has 3 aromatic rings. The van der Waals surface area contributed by atoms with Crippen LogP contribution in [0.15, 0.2) is 43.0 Å². The molecule has 182 valence electrons. The quantitative estimate of drug-likeness (QED) is 0.292. The third kappa shape index (κ3) is 4.00. The lowest BCUT2D eigenvalue weighted by Crippen LogP contribution is -2.62. The molecule has 2 unspecified atom stereocenters. The van der Waals surface area contributed by atoms with Crippen LogP contribution in [0.1, 0.15) is 43.3 Å². The van der Waals surface area contributed by atoms with Crippen molar-refractivity contribution < 1.29 is 33.3 Å². The summed E-state index contributed by atoms with van der Waals surface area (Å²) in [6, 6.07) is 8.52. The summed E-state index contributed by atoms with van der Waals surface area (Å²) in [6.07, 6.45) is -0.297. The van der Waals surface area contributed by atoms with Gasteiger partial charge in [0.2, 0.25) is 0 Å². The molecule has 0 amide bonds. The molecule has 1 aromatic carbocycles. The minimum absolute atomic E-state index is 0.139. The molecule has 3 heterocycles.